The number of nitrogens with zero attached hydrogens (tertiary/aromatic N) is 1. The predicted molar refractivity (Wildman–Crippen MR) is 59.6 cm³/mol. The lowest BCUT2D eigenvalue weighted by atomic mass is 10.0. The fourth-order valence-corrected chi connectivity index (χ4v) is 3.61. The van der Waals surface area contributed by atoms with Gasteiger partial charge in [-0.2, -0.15) is 0 Å². The van der Waals surface area contributed by atoms with Gasteiger partial charge in [-0.25, -0.2) is 0 Å². The Bertz CT molecular complexity index is 212. The third kappa shape index (κ3) is 2.55. The van der Waals surface area contributed by atoms with E-state index >= 15 is 0 Å². The Morgan fingerprint density at radius 1 is 1.29 bits per heavy atom. The van der Waals surface area contributed by atoms with Crippen LogP contribution in [0.25, 0.3) is 0 Å². The average molecular weight is 216 g/mol. The smallest absolute Gasteiger partial charge is 0.0363 e. The molecule has 1 aliphatic carbocycles. The Kier molecular flexibility index (Phi) is 3.57. The van der Waals surface area contributed by atoms with Crippen molar-refractivity contribution in [3.63, 3.8) is 0 Å². The van der Waals surface area contributed by atoms with Crippen LogP contribution in [0.15, 0.2) is 0 Å². The molecule has 1 saturated heterocycles. The number of hydrogen-bond acceptors (Lipinski definition) is 3. The van der Waals surface area contributed by atoms with Crippen LogP contribution < -0.4 is 5.73 Å². The van der Waals surface area contributed by atoms with E-state index in [4.69, 9.17) is 5.73 Å². The van der Waals surface area contributed by atoms with E-state index in [0.29, 0.717) is 12.0 Å². The van der Waals surface area contributed by atoms with E-state index in [1.54, 1.807) is 0 Å². The van der Waals surface area contributed by atoms with Gasteiger partial charge in [-0.15, -0.1) is 0 Å². The fraction of sp³-hybridized carbons (Fsp3) is 1.00. The van der Waals surface area contributed by atoms with Crippen LogP contribution >= 0.6 is 0 Å². The summed E-state index contributed by atoms with van der Waals surface area (Å²) in [5.74, 6) is 2.42. The molecule has 1 saturated carbocycles. The third-order valence-electron chi connectivity index (χ3n) is 3.48. The first-order chi connectivity index (χ1) is 6.75. The van der Waals surface area contributed by atoms with Gasteiger partial charge in [0.1, 0.15) is 0 Å². The molecule has 0 aromatic rings. The van der Waals surface area contributed by atoms with Crippen LogP contribution in [0.3, 0.4) is 0 Å². The van der Waals surface area contributed by atoms with Crippen LogP contribution in [0, 0.1) is 5.92 Å². The predicted octanol–water partition coefficient (Wildman–Crippen LogP) is 0.178. The lowest BCUT2D eigenvalue weighted by molar-refractivity contribution is 0.241. The van der Waals surface area contributed by atoms with Gasteiger partial charge in [0, 0.05) is 48.0 Å². The van der Waals surface area contributed by atoms with Crippen molar-refractivity contribution in [1.29, 1.82) is 0 Å². The molecule has 4 heteroatoms. The highest BCUT2D eigenvalue weighted by Gasteiger charge is 2.27. The molecule has 3 nitrogen and oxygen atoms in total. The molecule has 82 valence electrons. The van der Waals surface area contributed by atoms with Crippen molar-refractivity contribution in [3.05, 3.63) is 0 Å². The highest BCUT2D eigenvalue weighted by molar-refractivity contribution is 7.85. The third-order valence-corrected chi connectivity index (χ3v) is 4.76. The number of nitrogens with two attached hydrogens (primary N) is 1. The zero-order chi connectivity index (χ0) is 9.97. The van der Waals surface area contributed by atoms with Gasteiger partial charge in [0.2, 0.25) is 0 Å². The lowest BCUT2D eigenvalue weighted by Gasteiger charge is -2.29. The standard InChI is InChI=1S/C10H20N2OS/c11-10-3-1-2-9(10)8-12-4-6-14(13)7-5-12/h9-10H,1-8,11H2. The quantitative estimate of drug-likeness (QED) is 0.716. The minimum Gasteiger partial charge on any atom is -0.327 e. The van der Waals surface area contributed by atoms with Crippen LogP contribution in [-0.2, 0) is 10.8 Å². The SMILES string of the molecule is NC1CCCC1CN1CCS(=O)CC1. The molecule has 2 N–H and O–H groups in total. The van der Waals surface area contributed by atoms with Gasteiger partial charge in [0.05, 0.1) is 0 Å². The summed E-state index contributed by atoms with van der Waals surface area (Å²) in [5, 5.41) is 0. The van der Waals surface area contributed by atoms with Crippen LogP contribution in [0.1, 0.15) is 19.3 Å². The fourth-order valence-electron chi connectivity index (χ4n) is 2.48. The molecule has 14 heavy (non-hydrogen) atoms. The molecular weight excluding hydrogens is 196 g/mol. The zero-order valence-corrected chi connectivity index (χ0v) is 9.47. The Hall–Kier alpha value is 0.0700. The molecule has 2 rings (SSSR count). The summed E-state index contributed by atoms with van der Waals surface area (Å²) >= 11 is 0. The molecule has 0 aromatic carbocycles. The van der Waals surface area contributed by atoms with Crippen molar-refractivity contribution in [2.24, 2.45) is 11.7 Å². The second-order valence-corrected chi connectivity index (χ2v) is 6.20. The maximum absolute atomic E-state index is 11.2. The Morgan fingerprint density at radius 3 is 2.57 bits per heavy atom. The molecule has 2 aliphatic rings. The van der Waals surface area contributed by atoms with Crippen LogP contribution in [0.2, 0.25) is 0 Å². The van der Waals surface area contributed by atoms with Crippen LogP contribution in [-0.4, -0.2) is 46.3 Å². The summed E-state index contributed by atoms with van der Waals surface area (Å²) in [6.07, 6.45) is 3.79. The molecule has 0 amide bonds. The normalized spacial score (nSPS) is 36.4. The minimum absolute atomic E-state index is 0.419. The van der Waals surface area contributed by atoms with Gasteiger partial charge in [0.25, 0.3) is 0 Å². The Labute approximate surface area is 88.5 Å². The minimum atomic E-state index is -0.546. The summed E-state index contributed by atoms with van der Waals surface area (Å²) < 4.78 is 11.2. The van der Waals surface area contributed by atoms with E-state index in [2.05, 4.69) is 4.90 Å². The monoisotopic (exact) mass is 216 g/mol. The van der Waals surface area contributed by atoms with Gasteiger partial charge in [0.15, 0.2) is 0 Å². The van der Waals surface area contributed by atoms with E-state index in [0.717, 1.165) is 31.1 Å². The highest BCUT2D eigenvalue weighted by Crippen LogP contribution is 2.25. The van der Waals surface area contributed by atoms with Crippen LogP contribution in [0.4, 0.5) is 0 Å². The number of rotatable bonds is 2. The molecule has 1 aliphatic heterocycles. The molecule has 0 bridgehead atoms. The van der Waals surface area contributed by atoms with Gasteiger partial charge in [-0.1, -0.05) is 6.42 Å². The molecule has 2 atom stereocenters. The highest BCUT2D eigenvalue weighted by atomic mass is 32.2. The van der Waals surface area contributed by atoms with Gasteiger partial charge < -0.3 is 10.6 Å². The molecular formula is C10H20N2OS. The maximum atomic E-state index is 11.2. The second kappa shape index (κ2) is 4.73. The molecule has 0 aromatic heterocycles. The zero-order valence-electron chi connectivity index (χ0n) is 8.65. The largest absolute Gasteiger partial charge is 0.327 e. The van der Waals surface area contributed by atoms with Crippen LogP contribution in [0.5, 0.6) is 0 Å². The van der Waals surface area contributed by atoms with Gasteiger partial charge >= 0.3 is 0 Å². The van der Waals surface area contributed by atoms with E-state index in [9.17, 15) is 4.21 Å². The molecule has 2 unspecified atom stereocenters. The second-order valence-electron chi connectivity index (χ2n) is 4.50. The first-order valence-electron chi connectivity index (χ1n) is 5.58. The summed E-state index contributed by atoms with van der Waals surface area (Å²) in [6, 6.07) is 0.419. The topological polar surface area (TPSA) is 46.3 Å². The Balaban J connectivity index is 1.77. The van der Waals surface area contributed by atoms with E-state index in [1.165, 1.54) is 19.3 Å². The van der Waals surface area contributed by atoms with Crippen molar-refractivity contribution in [3.8, 4) is 0 Å². The van der Waals surface area contributed by atoms with Gasteiger partial charge in [-0.05, 0) is 18.8 Å². The molecule has 2 fully saturated rings. The van der Waals surface area contributed by atoms with Gasteiger partial charge in [-0.3, -0.25) is 4.21 Å². The Morgan fingerprint density at radius 2 is 2.00 bits per heavy atom. The van der Waals surface area contributed by atoms with E-state index in [-0.39, 0.29) is 0 Å². The lowest BCUT2D eigenvalue weighted by Crippen LogP contribution is -2.43. The molecule has 1 heterocycles. The summed E-state index contributed by atoms with van der Waals surface area (Å²) in [7, 11) is -0.546. The van der Waals surface area contributed by atoms with E-state index in [1.807, 2.05) is 0 Å². The van der Waals surface area contributed by atoms with Crippen molar-refractivity contribution < 1.29 is 4.21 Å². The number of hydrogen-bond donors (Lipinski definition) is 1. The molecule has 0 spiro atoms. The first-order valence-corrected chi connectivity index (χ1v) is 7.07. The van der Waals surface area contributed by atoms with Crippen molar-refractivity contribution >= 4 is 10.8 Å². The summed E-state index contributed by atoms with van der Waals surface area (Å²) in [4.78, 5) is 2.44. The van der Waals surface area contributed by atoms with Crippen molar-refractivity contribution in [2.75, 3.05) is 31.1 Å². The maximum Gasteiger partial charge on any atom is 0.0363 e. The first kappa shape index (κ1) is 10.6. The summed E-state index contributed by atoms with van der Waals surface area (Å²) in [6.45, 7) is 3.16. The average Bonchev–Trinajstić information content (AvgIpc) is 2.56. The summed E-state index contributed by atoms with van der Waals surface area (Å²) in [5.41, 5.74) is 6.04. The van der Waals surface area contributed by atoms with Crippen molar-refractivity contribution in [2.45, 2.75) is 25.3 Å². The van der Waals surface area contributed by atoms with E-state index < -0.39 is 10.8 Å². The molecule has 0 radical (unpaired) electrons. The van der Waals surface area contributed by atoms with Crippen molar-refractivity contribution in [1.82, 2.24) is 4.90 Å².